The number of rotatable bonds is 1. The van der Waals surface area contributed by atoms with Gasteiger partial charge in [-0.05, 0) is 35.5 Å². The Bertz CT molecular complexity index is 740. The van der Waals surface area contributed by atoms with Crippen LogP contribution in [-0.2, 0) is 0 Å². The Balaban J connectivity index is 0.00000133. The summed E-state index contributed by atoms with van der Waals surface area (Å²) in [5.41, 5.74) is 2.18. The number of benzene rings is 2. The first-order valence-corrected chi connectivity index (χ1v) is 5.52. The van der Waals surface area contributed by atoms with Crippen LogP contribution in [0.2, 0.25) is 0 Å². The van der Waals surface area contributed by atoms with Gasteiger partial charge in [0.2, 0.25) is 11.0 Å². The molecule has 0 bridgehead atoms. The Morgan fingerprint density at radius 2 is 1.89 bits per heavy atom. The summed E-state index contributed by atoms with van der Waals surface area (Å²) in [6, 6.07) is 11.8. The third kappa shape index (κ3) is 2.32. The van der Waals surface area contributed by atoms with E-state index in [4.69, 9.17) is 0 Å². The maximum atomic E-state index is 12.1. The van der Waals surface area contributed by atoms with E-state index in [1.54, 1.807) is 36.4 Å². The standard InChI is InChI=1S/C13H11N3O2.Na/c1-9-6-7-13(17)12(8-9)15-14-10-4-2-3-5-11(10)16(15)18;/h2-8,17H,1H3;/q;+1/p-1. The molecule has 1 heterocycles. The minimum Gasteiger partial charge on any atom is -0.871 e. The zero-order valence-corrected chi connectivity index (χ0v) is 12.7. The molecule has 0 aliphatic carbocycles. The predicted molar refractivity (Wildman–Crippen MR) is 64.2 cm³/mol. The van der Waals surface area contributed by atoms with Crippen molar-refractivity contribution in [2.45, 2.75) is 6.92 Å². The van der Waals surface area contributed by atoms with E-state index >= 15 is 0 Å². The average Bonchev–Trinajstić information content (AvgIpc) is 2.71. The number of aryl methyl sites for hydroxylation is 1. The Labute approximate surface area is 131 Å². The van der Waals surface area contributed by atoms with Crippen LogP contribution < -0.4 is 39.5 Å². The van der Waals surface area contributed by atoms with Gasteiger partial charge in [-0.15, -0.1) is 4.85 Å². The summed E-state index contributed by atoms with van der Waals surface area (Å²) in [7, 11) is 0. The summed E-state index contributed by atoms with van der Waals surface area (Å²) in [6.45, 7) is 1.86. The van der Waals surface area contributed by atoms with Crippen LogP contribution in [0.15, 0.2) is 42.5 Å². The summed E-state index contributed by atoms with van der Waals surface area (Å²) in [4.78, 5) is 1.73. The molecular weight excluding hydrogens is 253 g/mol. The van der Waals surface area contributed by atoms with Crippen molar-refractivity contribution in [1.82, 2.24) is 9.90 Å². The molecule has 0 N–H and O–H groups in total. The van der Waals surface area contributed by atoms with Gasteiger partial charge in [-0.1, -0.05) is 30.0 Å². The van der Waals surface area contributed by atoms with Gasteiger partial charge in [0.05, 0.1) is 5.10 Å². The van der Waals surface area contributed by atoms with Gasteiger partial charge in [-0.2, -0.15) is 0 Å². The van der Waals surface area contributed by atoms with Crippen LogP contribution in [0.4, 0.5) is 0 Å². The SMILES string of the molecule is Cc1ccc([O-])c(-n2nc3ccccc3[n+]2[O-])c1.[Na+]. The van der Waals surface area contributed by atoms with Gasteiger partial charge in [0.15, 0.2) is 0 Å². The third-order valence-corrected chi connectivity index (χ3v) is 2.79. The summed E-state index contributed by atoms with van der Waals surface area (Å²) < 4.78 is 0. The molecule has 0 aliphatic rings. The molecule has 3 aromatic rings. The number of hydrogen-bond acceptors (Lipinski definition) is 3. The van der Waals surface area contributed by atoms with Crippen molar-refractivity contribution in [1.29, 1.82) is 0 Å². The monoisotopic (exact) mass is 263 g/mol. The minimum absolute atomic E-state index is 0. The largest absolute Gasteiger partial charge is 1.00 e. The van der Waals surface area contributed by atoms with Crippen molar-refractivity contribution in [2.24, 2.45) is 0 Å². The van der Waals surface area contributed by atoms with Crippen molar-refractivity contribution in [3.63, 3.8) is 0 Å². The van der Waals surface area contributed by atoms with Crippen LogP contribution in [0, 0.1) is 12.1 Å². The molecule has 5 nitrogen and oxygen atoms in total. The number of para-hydroxylation sites is 1. The fourth-order valence-electron chi connectivity index (χ4n) is 1.89. The van der Waals surface area contributed by atoms with Crippen molar-refractivity contribution in [2.75, 3.05) is 0 Å². The van der Waals surface area contributed by atoms with Crippen LogP contribution in [-0.4, -0.2) is 9.90 Å². The van der Waals surface area contributed by atoms with Crippen LogP contribution in [0.3, 0.4) is 0 Å². The maximum absolute atomic E-state index is 12.1. The van der Waals surface area contributed by atoms with E-state index in [1.165, 1.54) is 6.07 Å². The summed E-state index contributed by atoms with van der Waals surface area (Å²) in [6.07, 6.45) is 0. The van der Waals surface area contributed by atoms with E-state index in [-0.39, 0.29) is 41.0 Å². The first-order chi connectivity index (χ1) is 8.66. The van der Waals surface area contributed by atoms with E-state index in [1.807, 2.05) is 6.92 Å². The van der Waals surface area contributed by atoms with E-state index in [0.717, 1.165) is 10.4 Å². The first kappa shape index (κ1) is 13.9. The van der Waals surface area contributed by atoms with Gasteiger partial charge in [-0.3, -0.25) is 0 Å². The van der Waals surface area contributed by atoms with Crippen molar-refractivity contribution in [3.8, 4) is 11.4 Å². The molecule has 1 aromatic heterocycles. The van der Waals surface area contributed by atoms with Gasteiger partial charge in [0.25, 0.3) is 0 Å². The molecule has 0 atom stereocenters. The van der Waals surface area contributed by atoms with E-state index in [2.05, 4.69) is 5.10 Å². The fraction of sp³-hybridized carbons (Fsp3) is 0.0769. The minimum atomic E-state index is -0.224. The number of fused-ring (bicyclic) bond motifs is 1. The van der Waals surface area contributed by atoms with E-state index < -0.39 is 0 Å². The van der Waals surface area contributed by atoms with E-state index in [0.29, 0.717) is 15.9 Å². The van der Waals surface area contributed by atoms with Crippen molar-refractivity contribution < 1.29 is 39.5 Å². The molecule has 90 valence electrons. The van der Waals surface area contributed by atoms with Gasteiger partial charge in [0.1, 0.15) is 5.69 Å². The molecule has 0 spiro atoms. The number of nitrogens with zero attached hydrogens (tertiary/aromatic N) is 3. The Kier molecular flexibility index (Phi) is 3.80. The summed E-state index contributed by atoms with van der Waals surface area (Å²) >= 11 is 0. The molecule has 2 aromatic carbocycles. The predicted octanol–water partition coefficient (Wildman–Crippen LogP) is -1.96. The van der Waals surface area contributed by atoms with E-state index in [9.17, 15) is 10.3 Å². The summed E-state index contributed by atoms with van der Waals surface area (Å²) in [5.74, 6) is -0.224. The zero-order chi connectivity index (χ0) is 12.7. The normalized spacial score (nSPS) is 10.4. The molecular formula is C13H10N3NaO2. The molecule has 0 aliphatic heterocycles. The van der Waals surface area contributed by atoms with Gasteiger partial charge in [-0.25, -0.2) is 0 Å². The van der Waals surface area contributed by atoms with Crippen molar-refractivity contribution in [3.05, 3.63) is 53.2 Å². The van der Waals surface area contributed by atoms with Gasteiger partial charge >= 0.3 is 29.6 Å². The Morgan fingerprint density at radius 1 is 1.16 bits per heavy atom. The second-order valence-electron chi connectivity index (χ2n) is 4.12. The Morgan fingerprint density at radius 3 is 2.63 bits per heavy atom. The number of hydrogen-bond donors (Lipinski definition) is 0. The smallest absolute Gasteiger partial charge is 0.871 e. The molecule has 6 heteroatoms. The topological polar surface area (TPSA) is 67.8 Å². The Hall–Kier alpha value is -1.56. The first-order valence-electron chi connectivity index (χ1n) is 5.52. The zero-order valence-electron chi connectivity index (χ0n) is 10.7. The van der Waals surface area contributed by atoms with Gasteiger partial charge in [0, 0.05) is 0 Å². The molecule has 19 heavy (non-hydrogen) atoms. The van der Waals surface area contributed by atoms with Gasteiger partial charge < -0.3 is 10.3 Å². The van der Waals surface area contributed by atoms with Crippen LogP contribution >= 0.6 is 0 Å². The molecule has 0 amide bonds. The van der Waals surface area contributed by atoms with Crippen LogP contribution in [0.1, 0.15) is 5.56 Å². The third-order valence-electron chi connectivity index (χ3n) is 2.79. The molecule has 0 radical (unpaired) electrons. The maximum Gasteiger partial charge on any atom is 1.00 e. The number of aromatic nitrogens is 3. The van der Waals surface area contributed by atoms with Crippen LogP contribution in [0.5, 0.6) is 5.75 Å². The molecule has 0 saturated carbocycles. The van der Waals surface area contributed by atoms with Crippen molar-refractivity contribution >= 4 is 11.0 Å². The molecule has 0 unspecified atom stereocenters. The molecule has 0 fully saturated rings. The summed E-state index contributed by atoms with van der Waals surface area (Å²) in [5, 5.41) is 28.0. The quantitative estimate of drug-likeness (QED) is 0.291. The second kappa shape index (κ2) is 5.21. The molecule has 3 rings (SSSR count). The molecule has 0 saturated heterocycles. The second-order valence-corrected chi connectivity index (χ2v) is 4.12. The fourth-order valence-corrected chi connectivity index (χ4v) is 1.89. The van der Waals surface area contributed by atoms with Crippen LogP contribution in [0.25, 0.3) is 16.7 Å². The average molecular weight is 263 g/mol.